The maximum Gasteiger partial charge on any atom is 0.246 e. The highest BCUT2D eigenvalue weighted by Gasteiger charge is 2.20. The number of thiophene rings is 1. The summed E-state index contributed by atoms with van der Waals surface area (Å²) in [7, 11) is -3.91. The lowest BCUT2D eigenvalue weighted by molar-refractivity contribution is -0.117. The lowest BCUT2D eigenvalue weighted by Crippen LogP contribution is -2.28. The van der Waals surface area contributed by atoms with Crippen molar-refractivity contribution < 1.29 is 13.2 Å². The van der Waals surface area contributed by atoms with Gasteiger partial charge in [-0.05, 0) is 23.6 Å². The van der Waals surface area contributed by atoms with Crippen molar-refractivity contribution in [2.45, 2.75) is 10.9 Å². The predicted molar refractivity (Wildman–Crippen MR) is 77.7 cm³/mol. The molecule has 1 aromatic carbocycles. The van der Waals surface area contributed by atoms with Crippen molar-refractivity contribution in [1.29, 1.82) is 0 Å². The van der Waals surface area contributed by atoms with Crippen molar-refractivity contribution in [2.75, 3.05) is 5.32 Å². The number of hydrogen-bond donors (Lipinski definition) is 3. The van der Waals surface area contributed by atoms with Gasteiger partial charge in [0.05, 0.1) is 5.69 Å². The Balaban J connectivity index is 2.25. The fourth-order valence-corrected chi connectivity index (χ4v) is 3.04. The Bertz CT molecular complexity index is 711. The van der Waals surface area contributed by atoms with Crippen LogP contribution in [0.2, 0.25) is 0 Å². The van der Waals surface area contributed by atoms with Crippen molar-refractivity contribution in [3.63, 3.8) is 0 Å². The smallest absolute Gasteiger partial charge is 0.246 e. The number of anilines is 1. The summed E-state index contributed by atoms with van der Waals surface area (Å²) in [5.41, 5.74) is 5.93. The SMILES string of the molecule is NC(C(=O)Nc1ccccc1S(N)(=O)=O)c1cccs1. The van der Waals surface area contributed by atoms with Gasteiger partial charge in [0.2, 0.25) is 15.9 Å². The van der Waals surface area contributed by atoms with Gasteiger partial charge in [-0.3, -0.25) is 4.79 Å². The van der Waals surface area contributed by atoms with Crippen LogP contribution in [0.1, 0.15) is 10.9 Å². The number of amides is 1. The Labute approximate surface area is 120 Å². The Kier molecular flexibility index (Phi) is 4.19. The zero-order chi connectivity index (χ0) is 14.8. The number of nitrogens with one attached hydrogen (secondary N) is 1. The normalized spacial score (nSPS) is 12.9. The molecule has 0 saturated heterocycles. The van der Waals surface area contributed by atoms with Gasteiger partial charge in [-0.2, -0.15) is 0 Å². The number of sulfonamides is 1. The Morgan fingerprint density at radius 2 is 1.90 bits per heavy atom. The fourth-order valence-electron chi connectivity index (χ4n) is 1.63. The van der Waals surface area contributed by atoms with E-state index >= 15 is 0 Å². The summed E-state index contributed by atoms with van der Waals surface area (Å²) >= 11 is 1.35. The summed E-state index contributed by atoms with van der Waals surface area (Å²) in [6.07, 6.45) is 0. The number of benzene rings is 1. The number of carbonyl (C=O) groups is 1. The molecule has 1 unspecified atom stereocenters. The molecular formula is C12H13N3O3S2. The highest BCUT2D eigenvalue weighted by Crippen LogP contribution is 2.22. The Morgan fingerprint density at radius 3 is 2.50 bits per heavy atom. The van der Waals surface area contributed by atoms with Crippen LogP contribution in [-0.4, -0.2) is 14.3 Å². The van der Waals surface area contributed by atoms with Crippen molar-refractivity contribution in [2.24, 2.45) is 10.9 Å². The van der Waals surface area contributed by atoms with Gasteiger partial charge < -0.3 is 11.1 Å². The van der Waals surface area contributed by atoms with E-state index in [1.807, 2.05) is 0 Å². The van der Waals surface area contributed by atoms with Gasteiger partial charge in [0.15, 0.2) is 0 Å². The molecule has 1 heterocycles. The molecule has 1 atom stereocenters. The van der Waals surface area contributed by atoms with E-state index in [0.717, 1.165) is 0 Å². The van der Waals surface area contributed by atoms with Crippen LogP contribution in [0.5, 0.6) is 0 Å². The molecule has 0 aliphatic rings. The zero-order valence-electron chi connectivity index (χ0n) is 10.3. The van der Waals surface area contributed by atoms with E-state index in [1.165, 1.54) is 29.5 Å². The standard InChI is InChI=1S/C12H13N3O3S2/c13-11(9-5-3-7-19-9)12(16)15-8-4-1-2-6-10(8)20(14,17)18/h1-7,11H,13H2,(H,15,16)(H2,14,17,18). The van der Waals surface area contributed by atoms with Crippen LogP contribution < -0.4 is 16.2 Å². The largest absolute Gasteiger partial charge is 0.323 e. The van der Waals surface area contributed by atoms with Crippen molar-refractivity contribution in [3.8, 4) is 0 Å². The zero-order valence-corrected chi connectivity index (χ0v) is 11.9. The molecule has 20 heavy (non-hydrogen) atoms. The van der Waals surface area contributed by atoms with Crippen LogP contribution >= 0.6 is 11.3 Å². The van der Waals surface area contributed by atoms with Crippen LogP contribution in [-0.2, 0) is 14.8 Å². The Morgan fingerprint density at radius 1 is 1.20 bits per heavy atom. The monoisotopic (exact) mass is 311 g/mol. The summed E-state index contributed by atoms with van der Waals surface area (Å²) in [5, 5.41) is 9.39. The molecule has 1 amide bonds. The maximum atomic E-state index is 12.0. The molecule has 0 spiro atoms. The molecule has 2 aromatic rings. The molecule has 0 aliphatic heterocycles. The second-order valence-electron chi connectivity index (χ2n) is 4.02. The molecule has 0 bridgehead atoms. The van der Waals surface area contributed by atoms with Gasteiger partial charge in [-0.15, -0.1) is 11.3 Å². The van der Waals surface area contributed by atoms with E-state index in [2.05, 4.69) is 5.32 Å². The molecule has 1 aromatic heterocycles. The van der Waals surface area contributed by atoms with Crippen LogP contribution in [0, 0.1) is 0 Å². The number of primary sulfonamides is 1. The first-order chi connectivity index (χ1) is 9.39. The fraction of sp³-hybridized carbons (Fsp3) is 0.0833. The summed E-state index contributed by atoms with van der Waals surface area (Å²) in [5.74, 6) is -0.497. The lowest BCUT2D eigenvalue weighted by atomic mass is 10.2. The van der Waals surface area contributed by atoms with E-state index in [9.17, 15) is 13.2 Å². The van der Waals surface area contributed by atoms with E-state index < -0.39 is 22.0 Å². The van der Waals surface area contributed by atoms with E-state index in [4.69, 9.17) is 10.9 Å². The summed E-state index contributed by atoms with van der Waals surface area (Å²) < 4.78 is 22.9. The van der Waals surface area contributed by atoms with Crippen LogP contribution in [0.3, 0.4) is 0 Å². The molecular weight excluding hydrogens is 298 g/mol. The summed E-state index contributed by atoms with van der Waals surface area (Å²) in [6.45, 7) is 0. The highest BCUT2D eigenvalue weighted by atomic mass is 32.2. The number of para-hydroxylation sites is 1. The first kappa shape index (κ1) is 14.7. The molecule has 0 radical (unpaired) electrons. The third kappa shape index (κ3) is 3.23. The van der Waals surface area contributed by atoms with E-state index in [1.54, 1.807) is 23.6 Å². The number of carbonyl (C=O) groups excluding carboxylic acids is 1. The molecule has 8 heteroatoms. The molecule has 0 aliphatic carbocycles. The molecule has 106 valence electrons. The number of rotatable bonds is 4. The summed E-state index contributed by atoms with van der Waals surface area (Å²) in [6, 6.07) is 8.56. The molecule has 2 rings (SSSR count). The second kappa shape index (κ2) is 5.71. The maximum absolute atomic E-state index is 12.0. The van der Waals surface area contributed by atoms with Crippen molar-refractivity contribution in [1.82, 2.24) is 0 Å². The predicted octanol–water partition coefficient (Wildman–Crippen LogP) is 1.03. The number of hydrogen-bond acceptors (Lipinski definition) is 5. The third-order valence-corrected chi connectivity index (χ3v) is 4.51. The van der Waals surface area contributed by atoms with Crippen LogP contribution in [0.15, 0.2) is 46.7 Å². The minimum atomic E-state index is -3.91. The van der Waals surface area contributed by atoms with Gasteiger partial charge in [0.25, 0.3) is 0 Å². The van der Waals surface area contributed by atoms with Crippen molar-refractivity contribution >= 4 is 33.0 Å². The highest BCUT2D eigenvalue weighted by molar-refractivity contribution is 7.89. The number of nitrogens with two attached hydrogens (primary N) is 2. The molecule has 5 N–H and O–H groups in total. The van der Waals surface area contributed by atoms with E-state index in [-0.39, 0.29) is 10.6 Å². The average Bonchev–Trinajstić information content (AvgIpc) is 2.91. The van der Waals surface area contributed by atoms with Crippen molar-refractivity contribution in [3.05, 3.63) is 46.7 Å². The molecule has 0 saturated carbocycles. The van der Waals surface area contributed by atoms with Gasteiger partial charge in [-0.25, -0.2) is 13.6 Å². The first-order valence-corrected chi connectivity index (χ1v) is 8.04. The topological polar surface area (TPSA) is 115 Å². The quantitative estimate of drug-likeness (QED) is 0.782. The Hall–Kier alpha value is -1.74. The molecule has 6 nitrogen and oxygen atoms in total. The summed E-state index contributed by atoms with van der Waals surface area (Å²) in [4.78, 5) is 12.6. The van der Waals surface area contributed by atoms with Gasteiger partial charge in [0, 0.05) is 4.88 Å². The first-order valence-electron chi connectivity index (χ1n) is 5.61. The van der Waals surface area contributed by atoms with Gasteiger partial charge in [-0.1, -0.05) is 18.2 Å². The second-order valence-corrected chi connectivity index (χ2v) is 6.53. The third-order valence-electron chi connectivity index (χ3n) is 2.58. The van der Waals surface area contributed by atoms with Gasteiger partial charge >= 0.3 is 0 Å². The molecule has 0 fully saturated rings. The van der Waals surface area contributed by atoms with E-state index in [0.29, 0.717) is 4.88 Å². The van der Waals surface area contributed by atoms with Crippen LogP contribution in [0.4, 0.5) is 5.69 Å². The minimum absolute atomic E-state index is 0.118. The van der Waals surface area contributed by atoms with Crippen LogP contribution in [0.25, 0.3) is 0 Å². The minimum Gasteiger partial charge on any atom is -0.323 e. The average molecular weight is 311 g/mol. The van der Waals surface area contributed by atoms with Gasteiger partial charge in [0.1, 0.15) is 10.9 Å². The lowest BCUT2D eigenvalue weighted by Gasteiger charge is -2.13.